The van der Waals surface area contributed by atoms with Crippen LogP contribution in [-0.4, -0.2) is 11.7 Å². The number of hydrogen-bond acceptors (Lipinski definition) is 4. The molecule has 4 nitrogen and oxygen atoms in total. The maximum absolute atomic E-state index is 9.37. The van der Waals surface area contributed by atoms with Crippen LogP contribution < -0.4 is 14.8 Å². The van der Waals surface area contributed by atoms with Crippen LogP contribution in [0.4, 0.5) is 5.69 Å². The summed E-state index contributed by atoms with van der Waals surface area (Å²) in [6.07, 6.45) is 0. The molecule has 0 fully saturated rings. The minimum atomic E-state index is 0.224. The van der Waals surface area contributed by atoms with Crippen LogP contribution in [0.1, 0.15) is 18.1 Å². The average Bonchev–Trinajstić information content (AvgIpc) is 2.69. The van der Waals surface area contributed by atoms with E-state index in [-0.39, 0.29) is 5.75 Å². The minimum Gasteiger partial charge on any atom is -0.508 e. The highest BCUT2D eigenvalue weighted by Crippen LogP contribution is 2.35. The molecule has 3 aromatic rings. The molecule has 2 N–H and O–H groups in total. The van der Waals surface area contributed by atoms with Crippen molar-refractivity contribution in [2.75, 3.05) is 11.9 Å². The largest absolute Gasteiger partial charge is 0.508 e. The molecule has 0 unspecified atom stereocenters. The number of halogens is 2. The fourth-order valence-electron chi connectivity index (χ4n) is 2.64. The summed E-state index contributed by atoms with van der Waals surface area (Å²) in [7, 11) is 0. The molecule has 6 heteroatoms. The highest BCUT2D eigenvalue weighted by molar-refractivity contribution is 6.31. The zero-order valence-corrected chi connectivity index (χ0v) is 16.9. The number of anilines is 1. The lowest BCUT2D eigenvalue weighted by Crippen LogP contribution is -2.04. The van der Waals surface area contributed by atoms with Gasteiger partial charge in [-0.2, -0.15) is 0 Å². The Kier molecular flexibility index (Phi) is 6.90. The summed E-state index contributed by atoms with van der Waals surface area (Å²) in [5.41, 5.74) is 2.65. The van der Waals surface area contributed by atoms with Crippen LogP contribution in [0.15, 0.2) is 60.7 Å². The van der Waals surface area contributed by atoms with E-state index in [1.807, 2.05) is 37.3 Å². The molecule has 0 saturated carbocycles. The van der Waals surface area contributed by atoms with Gasteiger partial charge in [-0.15, -0.1) is 0 Å². The summed E-state index contributed by atoms with van der Waals surface area (Å²) in [5.74, 6) is 1.42. The van der Waals surface area contributed by atoms with Crippen molar-refractivity contribution in [3.05, 3.63) is 81.8 Å². The van der Waals surface area contributed by atoms with E-state index >= 15 is 0 Å². The first-order valence-electron chi connectivity index (χ1n) is 8.91. The summed E-state index contributed by atoms with van der Waals surface area (Å²) in [6, 6.07) is 18.0. The maximum atomic E-state index is 9.37. The van der Waals surface area contributed by atoms with E-state index in [0.29, 0.717) is 41.3 Å². The first-order chi connectivity index (χ1) is 13.6. The quantitative estimate of drug-likeness (QED) is 0.422. The minimum absolute atomic E-state index is 0.224. The molecular formula is C22H21Cl2NO3. The van der Waals surface area contributed by atoms with Gasteiger partial charge in [0.05, 0.1) is 6.61 Å². The molecule has 0 atom stereocenters. The van der Waals surface area contributed by atoms with E-state index in [1.54, 1.807) is 30.3 Å². The topological polar surface area (TPSA) is 50.7 Å². The third-order valence-electron chi connectivity index (χ3n) is 4.10. The van der Waals surface area contributed by atoms with Crippen LogP contribution in [0.25, 0.3) is 0 Å². The maximum Gasteiger partial charge on any atom is 0.163 e. The predicted molar refractivity (Wildman–Crippen MR) is 114 cm³/mol. The van der Waals surface area contributed by atoms with Crippen molar-refractivity contribution in [3.8, 4) is 17.2 Å². The van der Waals surface area contributed by atoms with E-state index in [1.165, 1.54) is 0 Å². The Balaban J connectivity index is 1.75. The summed E-state index contributed by atoms with van der Waals surface area (Å²) >= 11 is 12.7. The van der Waals surface area contributed by atoms with Gasteiger partial charge in [0.15, 0.2) is 11.5 Å². The fourth-order valence-corrected chi connectivity index (χ4v) is 3.05. The molecule has 0 radical (unpaired) electrons. The van der Waals surface area contributed by atoms with Crippen molar-refractivity contribution in [2.24, 2.45) is 0 Å². The van der Waals surface area contributed by atoms with Crippen molar-refractivity contribution >= 4 is 28.9 Å². The molecule has 0 saturated heterocycles. The number of aromatic hydroxyl groups is 1. The molecular weight excluding hydrogens is 397 g/mol. The highest BCUT2D eigenvalue weighted by Gasteiger charge is 2.12. The Labute approximate surface area is 174 Å². The second kappa shape index (κ2) is 9.58. The molecule has 0 spiro atoms. The number of nitrogens with one attached hydrogen (secondary N) is 1. The first-order valence-corrected chi connectivity index (χ1v) is 9.66. The van der Waals surface area contributed by atoms with E-state index in [4.69, 9.17) is 32.7 Å². The standard InChI is InChI=1S/C22H21Cl2NO3/c1-2-27-21-11-16(13-25-17-7-9-18(26)10-8-17)20(24)12-22(21)28-14-15-5-3-4-6-19(15)23/h3-12,25-26H,2,13-14H2,1H3. The van der Waals surface area contributed by atoms with E-state index < -0.39 is 0 Å². The molecule has 28 heavy (non-hydrogen) atoms. The summed E-state index contributed by atoms with van der Waals surface area (Å²) in [4.78, 5) is 0. The van der Waals surface area contributed by atoms with Crippen molar-refractivity contribution in [2.45, 2.75) is 20.1 Å². The number of rotatable bonds is 8. The Morgan fingerprint density at radius 2 is 1.57 bits per heavy atom. The second-order valence-electron chi connectivity index (χ2n) is 6.10. The molecule has 3 aromatic carbocycles. The van der Waals surface area contributed by atoms with Crippen LogP contribution in [0.3, 0.4) is 0 Å². The van der Waals surface area contributed by atoms with Gasteiger partial charge >= 0.3 is 0 Å². The van der Waals surface area contributed by atoms with E-state index in [0.717, 1.165) is 16.8 Å². The van der Waals surface area contributed by atoms with Crippen LogP contribution in [0.2, 0.25) is 10.0 Å². The number of phenolic OH excluding ortho intramolecular Hbond substituents is 1. The van der Waals surface area contributed by atoms with Gasteiger partial charge in [-0.3, -0.25) is 0 Å². The lowest BCUT2D eigenvalue weighted by molar-refractivity contribution is 0.269. The second-order valence-corrected chi connectivity index (χ2v) is 6.92. The summed E-state index contributed by atoms with van der Waals surface area (Å²) in [5, 5.41) is 13.9. The first kappa shape index (κ1) is 20.2. The normalized spacial score (nSPS) is 10.5. The van der Waals surface area contributed by atoms with Gasteiger partial charge in [-0.25, -0.2) is 0 Å². The SMILES string of the molecule is CCOc1cc(CNc2ccc(O)cc2)c(Cl)cc1OCc1ccccc1Cl. The molecule has 0 amide bonds. The van der Waals surface area contributed by atoms with E-state index in [9.17, 15) is 5.11 Å². The molecule has 0 aliphatic rings. The monoisotopic (exact) mass is 417 g/mol. The third-order valence-corrected chi connectivity index (χ3v) is 4.82. The smallest absolute Gasteiger partial charge is 0.163 e. The fraction of sp³-hybridized carbons (Fsp3) is 0.182. The third kappa shape index (κ3) is 5.24. The van der Waals surface area contributed by atoms with Gasteiger partial charge in [0.25, 0.3) is 0 Å². The van der Waals surface area contributed by atoms with Gasteiger partial charge in [0, 0.05) is 33.9 Å². The molecule has 146 valence electrons. The Bertz CT molecular complexity index is 930. The van der Waals surface area contributed by atoms with Gasteiger partial charge < -0.3 is 19.9 Å². The zero-order chi connectivity index (χ0) is 19.9. The highest BCUT2D eigenvalue weighted by atomic mass is 35.5. The zero-order valence-electron chi connectivity index (χ0n) is 15.4. The van der Waals surface area contributed by atoms with E-state index in [2.05, 4.69) is 5.32 Å². The van der Waals surface area contributed by atoms with Gasteiger partial charge in [-0.05, 0) is 48.9 Å². The molecule has 0 aliphatic carbocycles. The lowest BCUT2D eigenvalue weighted by Gasteiger charge is -2.16. The summed E-state index contributed by atoms with van der Waals surface area (Å²) in [6.45, 7) is 3.26. The number of phenols is 1. The molecule has 0 aromatic heterocycles. The van der Waals surface area contributed by atoms with Crippen molar-refractivity contribution < 1.29 is 14.6 Å². The molecule has 0 bridgehead atoms. The van der Waals surface area contributed by atoms with Gasteiger partial charge in [-0.1, -0.05) is 41.4 Å². The number of hydrogen-bond donors (Lipinski definition) is 2. The molecule has 0 heterocycles. The Morgan fingerprint density at radius 1 is 0.857 bits per heavy atom. The number of benzene rings is 3. The average molecular weight is 418 g/mol. The van der Waals surface area contributed by atoms with Crippen LogP contribution in [0, 0.1) is 0 Å². The molecule has 3 rings (SSSR count). The lowest BCUT2D eigenvalue weighted by atomic mass is 10.2. The van der Waals surface area contributed by atoms with Gasteiger partial charge in [0.2, 0.25) is 0 Å². The van der Waals surface area contributed by atoms with Crippen molar-refractivity contribution in [1.82, 2.24) is 0 Å². The Hall–Kier alpha value is -2.56. The van der Waals surface area contributed by atoms with Gasteiger partial charge in [0.1, 0.15) is 12.4 Å². The molecule has 0 aliphatic heterocycles. The Morgan fingerprint density at radius 3 is 2.29 bits per heavy atom. The predicted octanol–water partition coefficient (Wildman–Crippen LogP) is 6.29. The van der Waals surface area contributed by atoms with Crippen LogP contribution in [0.5, 0.6) is 17.2 Å². The van der Waals surface area contributed by atoms with Crippen molar-refractivity contribution in [3.63, 3.8) is 0 Å². The van der Waals surface area contributed by atoms with Crippen LogP contribution >= 0.6 is 23.2 Å². The number of ether oxygens (including phenoxy) is 2. The summed E-state index contributed by atoms with van der Waals surface area (Å²) < 4.78 is 11.7. The van der Waals surface area contributed by atoms with Crippen LogP contribution in [-0.2, 0) is 13.2 Å². The van der Waals surface area contributed by atoms with Crippen molar-refractivity contribution in [1.29, 1.82) is 0 Å².